The number of rotatable bonds is 5. The van der Waals surface area contributed by atoms with Crippen LogP contribution in [0.1, 0.15) is 47.4 Å². The number of esters is 1. The van der Waals surface area contributed by atoms with E-state index in [2.05, 4.69) is 10.4 Å². The minimum atomic E-state index is -1.14. The first-order valence-electron chi connectivity index (χ1n) is 11.9. The Kier molecular flexibility index (Phi) is 5.91. The molecule has 2 amide bonds. The monoisotopic (exact) mass is 486 g/mol. The van der Waals surface area contributed by atoms with E-state index in [1.54, 1.807) is 42.8 Å². The molecular formula is C27H26N4O5. The van der Waals surface area contributed by atoms with E-state index in [1.165, 1.54) is 4.90 Å². The molecule has 1 aromatic heterocycles. The van der Waals surface area contributed by atoms with E-state index in [0.29, 0.717) is 35.6 Å². The van der Waals surface area contributed by atoms with Crippen LogP contribution in [0.25, 0.3) is 5.69 Å². The number of amides is 2. The van der Waals surface area contributed by atoms with Gasteiger partial charge < -0.3 is 10.1 Å². The van der Waals surface area contributed by atoms with Crippen LogP contribution >= 0.6 is 0 Å². The van der Waals surface area contributed by atoms with Crippen molar-refractivity contribution in [1.82, 2.24) is 9.78 Å². The summed E-state index contributed by atoms with van der Waals surface area (Å²) in [7, 11) is 0. The number of aryl methyl sites for hydroxylation is 1. The van der Waals surface area contributed by atoms with Crippen LogP contribution in [0, 0.1) is 13.8 Å². The Balaban J connectivity index is 1.36. The number of nitrogens with zero attached hydrogens (tertiary/aromatic N) is 3. The summed E-state index contributed by atoms with van der Waals surface area (Å²) in [6.07, 6.45) is 2.65. The van der Waals surface area contributed by atoms with Gasteiger partial charge in [-0.3, -0.25) is 19.3 Å². The van der Waals surface area contributed by atoms with Crippen molar-refractivity contribution in [3.8, 4) is 5.69 Å². The van der Waals surface area contributed by atoms with Crippen LogP contribution in [0.5, 0.6) is 0 Å². The van der Waals surface area contributed by atoms with Crippen molar-refractivity contribution in [1.29, 1.82) is 0 Å². The van der Waals surface area contributed by atoms with Crippen molar-refractivity contribution >= 4 is 34.9 Å². The summed E-state index contributed by atoms with van der Waals surface area (Å²) in [6.45, 7) is 2.69. The average Bonchev–Trinajstić information content (AvgIpc) is 3.48. The number of Topliss-reactive ketones (excluding diaryl/α,β-unsaturated/α-hetero) is 1. The Hall–Kier alpha value is -4.27. The Morgan fingerprint density at radius 2 is 1.67 bits per heavy atom. The first-order chi connectivity index (χ1) is 17.3. The van der Waals surface area contributed by atoms with Crippen molar-refractivity contribution in [2.75, 3.05) is 16.8 Å². The molecule has 1 fully saturated rings. The van der Waals surface area contributed by atoms with Crippen LogP contribution < -0.4 is 10.2 Å². The number of benzene rings is 2. The predicted molar refractivity (Wildman–Crippen MR) is 132 cm³/mol. The fourth-order valence-corrected chi connectivity index (χ4v) is 5.28. The van der Waals surface area contributed by atoms with E-state index >= 15 is 0 Å². The number of fused-ring (bicyclic) bond motifs is 1. The standard InChI is InChI=1S/C27H26N4O5/c1-17-23(18(2)31(29-17)19-10-4-3-5-11-19)24(33)25(34)36-16-22(32)30-21-13-7-6-12-20(21)28-26(35)27(30)14-8-9-15-27/h3-7,10-13H,8-9,14-16H2,1-2H3,(H,28,35). The van der Waals surface area contributed by atoms with E-state index in [0.717, 1.165) is 18.5 Å². The molecule has 0 atom stereocenters. The van der Waals surface area contributed by atoms with Crippen LogP contribution in [0.3, 0.4) is 0 Å². The van der Waals surface area contributed by atoms with Crippen LogP contribution in [-0.2, 0) is 19.1 Å². The van der Waals surface area contributed by atoms with Crippen molar-refractivity contribution in [3.63, 3.8) is 0 Å². The minimum absolute atomic E-state index is 0.145. The topological polar surface area (TPSA) is 111 Å². The molecule has 3 aromatic rings. The molecule has 1 aliphatic carbocycles. The van der Waals surface area contributed by atoms with E-state index < -0.39 is 29.8 Å². The maximum absolute atomic E-state index is 13.4. The Morgan fingerprint density at radius 3 is 2.39 bits per heavy atom. The zero-order chi connectivity index (χ0) is 25.4. The van der Waals surface area contributed by atoms with Gasteiger partial charge in [0.15, 0.2) is 6.61 Å². The zero-order valence-electron chi connectivity index (χ0n) is 20.1. The third-order valence-electron chi connectivity index (χ3n) is 6.96. The van der Waals surface area contributed by atoms with Crippen molar-refractivity contribution in [3.05, 3.63) is 71.5 Å². The molecule has 2 aliphatic rings. The van der Waals surface area contributed by atoms with Gasteiger partial charge in [0.2, 0.25) is 0 Å². The van der Waals surface area contributed by atoms with Gasteiger partial charge in [0, 0.05) is 0 Å². The first-order valence-corrected chi connectivity index (χ1v) is 11.9. The quantitative estimate of drug-likeness (QED) is 0.336. The van der Waals surface area contributed by atoms with Gasteiger partial charge in [-0.2, -0.15) is 5.10 Å². The number of ether oxygens (including phenoxy) is 1. The molecule has 1 saturated carbocycles. The van der Waals surface area contributed by atoms with Gasteiger partial charge in [0.05, 0.1) is 34.0 Å². The highest BCUT2D eigenvalue weighted by molar-refractivity contribution is 6.41. The van der Waals surface area contributed by atoms with Crippen molar-refractivity contribution in [2.24, 2.45) is 0 Å². The van der Waals surface area contributed by atoms with E-state index in [1.807, 2.05) is 30.3 Å². The maximum atomic E-state index is 13.4. The molecule has 1 spiro atoms. The summed E-state index contributed by atoms with van der Waals surface area (Å²) in [5.41, 5.74) is 1.84. The molecule has 5 rings (SSSR count). The number of ketones is 1. The SMILES string of the molecule is Cc1nn(-c2ccccc2)c(C)c1C(=O)C(=O)OCC(=O)N1c2ccccc2NC(=O)C12CCCC2. The van der Waals surface area contributed by atoms with Crippen LogP contribution in [0.15, 0.2) is 54.6 Å². The Bertz CT molecular complexity index is 1370. The number of carbonyl (C=O) groups is 4. The number of hydrogen-bond acceptors (Lipinski definition) is 6. The lowest BCUT2D eigenvalue weighted by Gasteiger charge is -2.44. The lowest BCUT2D eigenvalue weighted by molar-refractivity contribution is -0.143. The predicted octanol–water partition coefficient (Wildman–Crippen LogP) is 3.51. The lowest BCUT2D eigenvalue weighted by atomic mass is 9.90. The fourth-order valence-electron chi connectivity index (χ4n) is 5.28. The third-order valence-corrected chi connectivity index (χ3v) is 6.96. The number of anilines is 2. The van der Waals surface area contributed by atoms with Crippen molar-refractivity contribution < 1.29 is 23.9 Å². The van der Waals surface area contributed by atoms with Gasteiger partial charge in [0.25, 0.3) is 17.6 Å². The summed E-state index contributed by atoms with van der Waals surface area (Å²) in [5.74, 6) is -2.80. The average molecular weight is 487 g/mol. The van der Waals surface area contributed by atoms with Crippen molar-refractivity contribution in [2.45, 2.75) is 45.1 Å². The van der Waals surface area contributed by atoms with Crippen LogP contribution in [0.4, 0.5) is 11.4 Å². The number of nitrogens with one attached hydrogen (secondary N) is 1. The molecule has 184 valence electrons. The largest absolute Gasteiger partial charge is 0.450 e. The molecule has 9 nitrogen and oxygen atoms in total. The first kappa shape index (κ1) is 23.5. The molecular weight excluding hydrogens is 460 g/mol. The molecule has 36 heavy (non-hydrogen) atoms. The summed E-state index contributed by atoms with van der Waals surface area (Å²) in [5, 5.41) is 7.31. The van der Waals surface area contributed by atoms with Gasteiger partial charge in [-0.25, -0.2) is 9.48 Å². The molecule has 0 unspecified atom stereocenters. The highest BCUT2D eigenvalue weighted by atomic mass is 16.5. The number of para-hydroxylation sites is 3. The van der Waals surface area contributed by atoms with E-state index in [9.17, 15) is 19.2 Å². The van der Waals surface area contributed by atoms with Crippen LogP contribution in [-0.4, -0.2) is 45.5 Å². The van der Waals surface area contributed by atoms with Gasteiger partial charge in [-0.15, -0.1) is 0 Å². The molecule has 0 saturated heterocycles. The van der Waals surface area contributed by atoms with Gasteiger partial charge in [-0.1, -0.05) is 43.2 Å². The molecule has 2 aromatic carbocycles. The Labute approximate surface area is 208 Å². The summed E-state index contributed by atoms with van der Waals surface area (Å²) in [6, 6.07) is 16.3. The number of carbonyl (C=O) groups excluding carboxylic acids is 4. The molecule has 0 radical (unpaired) electrons. The lowest BCUT2D eigenvalue weighted by Crippen LogP contribution is -2.61. The molecule has 1 N–H and O–H groups in total. The summed E-state index contributed by atoms with van der Waals surface area (Å²) >= 11 is 0. The zero-order valence-corrected chi connectivity index (χ0v) is 20.1. The van der Waals surface area contributed by atoms with Gasteiger partial charge in [-0.05, 0) is 51.0 Å². The highest BCUT2D eigenvalue weighted by Crippen LogP contribution is 2.45. The van der Waals surface area contributed by atoms with E-state index in [4.69, 9.17) is 4.74 Å². The second-order valence-electron chi connectivity index (χ2n) is 9.14. The second-order valence-corrected chi connectivity index (χ2v) is 9.14. The summed E-state index contributed by atoms with van der Waals surface area (Å²) in [4.78, 5) is 53.6. The Morgan fingerprint density at radius 1 is 1.00 bits per heavy atom. The summed E-state index contributed by atoms with van der Waals surface area (Å²) < 4.78 is 6.79. The number of hydrogen-bond donors (Lipinski definition) is 1. The molecule has 0 bridgehead atoms. The normalized spacial score (nSPS) is 15.9. The smallest absolute Gasteiger partial charge is 0.380 e. The minimum Gasteiger partial charge on any atom is -0.450 e. The molecule has 1 aliphatic heterocycles. The maximum Gasteiger partial charge on any atom is 0.380 e. The van der Waals surface area contributed by atoms with E-state index in [-0.39, 0.29) is 11.5 Å². The molecule has 2 heterocycles. The van der Waals surface area contributed by atoms with Gasteiger partial charge in [0.1, 0.15) is 5.54 Å². The molecule has 9 heteroatoms. The second kappa shape index (κ2) is 9.07. The van der Waals surface area contributed by atoms with Crippen LogP contribution in [0.2, 0.25) is 0 Å². The highest BCUT2D eigenvalue weighted by Gasteiger charge is 2.52. The third kappa shape index (κ3) is 3.77. The van der Waals surface area contributed by atoms with Gasteiger partial charge >= 0.3 is 5.97 Å². The fraction of sp³-hybridized carbons (Fsp3) is 0.296. The number of aromatic nitrogens is 2.